The van der Waals surface area contributed by atoms with Gasteiger partial charge in [-0.2, -0.15) is 0 Å². The molecule has 8 heteroatoms. The summed E-state index contributed by atoms with van der Waals surface area (Å²) in [5, 5.41) is 0. The number of carbonyl (C=O) groups excluding carboxylic acids is 1. The molecule has 2 heterocycles. The van der Waals surface area contributed by atoms with Crippen LogP contribution in [0.4, 0.5) is 5.69 Å². The zero-order valence-corrected chi connectivity index (χ0v) is 14.2. The number of nitrogens with zero attached hydrogens (tertiary/aromatic N) is 2. The monoisotopic (exact) mass is 349 g/mol. The van der Waals surface area contributed by atoms with Crippen molar-refractivity contribution in [3.63, 3.8) is 0 Å². The molecule has 0 spiro atoms. The molecule has 0 saturated carbocycles. The Balaban J connectivity index is 1.62. The van der Waals surface area contributed by atoms with E-state index in [9.17, 15) is 13.2 Å². The average Bonchev–Trinajstić information content (AvgIpc) is 3.16. The maximum atomic E-state index is 12.3. The van der Waals surface area contributed by atoms with Gasteiger partial charge < -0.3 is 9.32 Å². The van der Waals surface area contributed by atoms with E-state index in [1.54, 1.807) is 24.0 Å². The van der Waals surface area contributed by atoms with E-state index in [0.717, 1.165) is 12.1 Å². The molecule has 1 saturated heterocycles. The maximum absolute atomic E-state index is 12.3. The predicted molar refractivity (Wildman–Crippen MR) is 88.2 cm³/mol. The lowest BCUT2D eigenvalue weighted by atomic mass is 10.3. The molecule has 0 bridgehead atoms. The molecule has 0 aliphatic carbocycles. The topological polar surface area (TPSA) is 92.5 Å². The molecule has 1 fully saturated rings. The second-order valence-electron chi connectivity index (χ2n) is 5.65. The van der Waals surface area contributed by atoms with E-state index in [1.165, 1.54) is 18.4 Å². The summed E-state index contributed by atoms with van der Waals surface area (Å²) >= 11 is 0. The van der Waals surface area contributed by atoms with Crippen molar-refractivity contribution < 1.29 is 17.6 Å². The van der Waals surface area contributed by atoms with Crippen molar-refractivity contribution in [3.8, 4) is 0 Å². The Hall–Kier alpha value is -2.19. The lowest BCUT2D eigenvalue weighted by Gasteiger charge is -2.16. The Morgan fingerprint density at radius 1 is 1.29 bits per heavy atom. The van der Waals surface area contributed by atoms with E-state index in [4.69, 9.17) is 4.42 Å². The van der Waals surface area contributed by atoms with Crippen molar-refractivity contribution >= 4 is 21.6 Å². The summed E-state index contributed by atoms with van der Waals surface area (Å²) in [7, 11) is -3.59. The van der Waals surface area contributed by atoms with Crippen LogP contribution in [0.5, 0.6) is 0 Å². The zero-order valence-electron chi connectivity index (χ0n) is 13.4. The van der Waals surface area contributed by atoms with Crippen LogP contribution in [0.25, 0.3) is 0 Å². The molecular formula is C16H19N3O4S. The summed E-state index contributed by atoms with van der Waals surface area (Å²) in [6.07, 6.45) is 3.35. The van der Waals surface area contributed by atoms with Crippen LogP contribution in [0.2, 0.25) is 0 Å². The van der Waals surface area contributed by atoms with Gasteiger partial charge in [0.15, 0.2) is 5.89 Å². The third kappa shape index (κ3) is 3.65. The van der Waals surface area contributed by atoms with Crippen LogP contribution in [0.15, 0.2) is 39.8 Å². The first-order valence-electron chi connectivity index (χ1n) is 7.77. The largest absolute Gasteiger partial charge is 0.449 e. The predicted octanol–water partition coefficient (Wildman–Crippen LogP) is 1.63. The molecular weight excluding hydrogens is 330 g/mol. The minimum absolute atomic E-state index is 0.0756. The van der Waals surface area contributed by atoms with E-state index in [2.05, 4.69) is 9.71 Å². The van der Waals surface area contributed by atoms with Gasteiger partial charge in [0.05, 0.1) is 10.6 Å². The van der Waals surface area contributed by atoms with E-state index < -0.39 is 10.0 Å². The van der Waals surface area contributed by atoms with Crippen molar-refractivity contribution in [2.45, 2.75) is 31.1 Å². The fourth-order valence-electron chi connectivity index (χ4n) is 2.65. The van der Waals surface area contributed by atoms with Crippen LogP contribution in [0.1, 0.15) is 24.4 Å². The third-order valence-electron chi connectivity index (χ3n) is 3.87. The summed E-state index contributed by atoms with van der Waals surface area (Å²) in [4.78, 5) is 17.7. The smallest absolute Gasteiger partial charge is 0.240 e. The molecule has 0 unspecified atom stereocenters. The van der Waals surface area contributed by atoms with Gasteiger partial charge in [-0.05, 0) is 30.7 Å². The van der Waals surface area contributed by atoms with Gasteiger partial charge >= 0.3 is 0 Å². The normalized spacial score (nSPS) is 15.2. The van der Waals surface area contributed by atoms with Crippen LogP contribution >= 0.6 is 0 Å². The Morgan fingerprint density at radius 3 is 2.62 bits per heavy atom. The van der Waals surface area contributed by atoms with E-state index in [-0.39, 0.29) is 17.3 Å². The number of hydrogen-bond donors (Lipinski definition) is 1. The van der Waals surface area contributed by atoms with Crippen LogP contribution in [-0.2, 0) is 21.2 Å². The van der Waals surface area contributed by atoms with Gasteiger partial charge in [-0.3, -0.25) is 4.79 Å². The Bertz CT molecular complexity index is 827. The summed E-state index contributed by atoms with van der Waals surface area (Å²) in [6, 6.07) is 6.37. The van der Waals surface area contributed by atoms with E-state index in [0.29, 0.717) is 31.0 Å². The number of carbonyl (C=O) groups is 1. The van der Waals surface area contributed by atoms with E-state index in [1.807, 2.05) is 0 Å². The standard InChI is InChI=1S/C16H19N3O4S/c1-12-18-13(11-23-12)8-9-17-24(21,22)15-6-4-14(5-7-15)19-10-2-3-16(19)20/h4-7,11,17H,2-3,8-10H2,1H3. The Kier molecular flexibility index (Phi) is 4.68. The highest BCUT2D eigenvalue weighted by molar-refractivity contribution is 7.89. The van der Waals surface area contributed by atoms with Crippen LogP contribution in [0.3, 0.4) is 0 Å². The van der Waals surface area contributed by atoms with Gasteiger partial charge in [0, 0.05) is 38.5 Å². The van der Waals surface area contributed by atoms with Crippen molar-refractivity contribution in [2.24, 2.45) is 0 Å². The molecule has 1 aromatic carbocycles. The third-order valence-corrected chi connectivity index (χ3v) is 5.35. The van der Waals surface area contributed by atoms with Gasteiger partial charge in [0.2, 0.25) is 15.9 Å². The molecule has 1 aliphatic heterocycles. The van der Waals surface area contributed by atoms with Crippen molar-refractivity contribution in [2.75, 3.05) is 18.0 Å². The molecule has 24 heavy (non-hydrogen) atoms. The van der Waals surface area contributed by atoms with Gasteiger partial charge in [0.25, 0.3) is 0 Å². The highest BCUT2D eigenvalue weighted by Gasteiger charge is 2.22. The van der Waals surface area contributed by atoms with Crippen molar-refractivity contribution in [1.82, 2.24) is 9.71 Å². The number of nitrogens with one attached hydrogen (secondary N) is 1. The van der Waals surface area contributed by atoms with Crippen LogP contribution in [-0.4, -0.2) is 32.4 Å². The second kappa shape index (κ2) is 6.74. The number of sulfonamides is 1. The van der Waals surface area contributed by atoms with Gasteiger partial charge in [0.1, 0.15) is 6.26 Å². The minimum atomic E-state index is -3.59. The van der Waals surface area contributed by atoms with Gasteiger partial charge in [-0.15, -0.1) is 0 Å². The lowest BCUT2D eigenvalue weighted by molar-refractivity contribution is -0.117. The molecule has 1 amide bonds. The molecule has 7 nitrogen and oxygen atoms in total. The zero-order chi connectivity index (χ0) is 17.2. The summed E-state index contributed by atoms with van der Waals surface area (Å²) < 4.78 is 32.2. The van der Waals surface area contributed by atoms with Gasteiger partial charge in [-0.25, -0.2) is 18.1 Å². The first-order chi connectivity index (χ1) is 11.5. The van der Waals surface area contributed by atoms with Crippen LogP contribution < -0.4 is 9.62 Å². The molecule has 1 aromatic heterocycles. The molecule has 3 rings (SSSR count). The number of rotatable bonds is 6. The molecule has 0 atom stereocenters. The summed E-state index contributed by atoms with van der Waals surface area (Å²) in [6.45, 7) is 2.65. The highest BCUT2D eigenvalue weighted by atomic mass is 32.2. The molecule has 2 aromatic rings. The number of anilines is 1. The number of amides is 1. The number of benzene rings is 1. The number of oxazole rings is 1. The number of aromatic nitrogens is 1. The Morgan fingerprint density at radius 2 is 2.04 bits per heavy atom. The fraction of sp³-hybridized carbons (Fsp3) is 0.375. The first kappa shape index (κ1) is 16.7. The molecule has 128 valence electrons. The van der Waals surface area contributed by atoms with E-state index >= 15 is 0 Å². The number of hydrogen-bond acceptors (Lipinski definition) is 5. The molecule has 0 radical (unpaired) electrons. The molecule has 1 N–H and O–H groups in total. The average molecular weight is 349 g/mol. The van der Waals surface area contributed by atoms with Crippen LogP contribution in [0, 0.1) is 6.92 Å². The van der Waals surface area contributed by atoms with Crippen molar-refractivity contribution in [1.29, 1.82) is 0 Å². The SMILES string of the molecule is Cc1nc(CCNS(=O)(=O)c2ccc(N3CCCC3=O)cc2)co1. The summed E-state index contributed by atoms with van der Waals surface area (Å²) in [5.41, 5.74) is 1.44. The maximum Gasteiger partial charge on any atom is 0.240 e. The second-order valence-corrected chi connectivity index (χ2v) is 7.42. The molecule has 1 aliphatic rings. The quantitative estimate of drug-likeness (QED) is 0.856. The minimum Gasteiger partial charge on any atom is -0.449 e. The van der Waals surface area contributed by atoms with Crippen molar-refractivity contribution in [3.05, 3.63) is 42.1 Å². The summed E-state index contributed by atoms with van der Waals surface area (Å²) in [5.74, 6) is 0.631. The first-order valence-corrected chi connectivity index (χ1v) is 9.25. The van der Waals surface area contributed by atoms with Gasteiger partial charge in [-0.1, -0.05) is 0 Å². The highest BCUT2D eigenvalue weighted by Crippen LogP contribution is 2.22. The lowest BCUT2D eigenvalue weighted by Crippen LogP contribution is -2.26. The number of aryl methyl sites for hydroxylation is 1. The fourth-order valence-corrected chi connectivity index (χ4v) is 3.68. The Labute approximate surface area is 140 Å².